The molecule has 1 rings (SSSR count). The first-order valence-corrected chi connectivity index (χ1v) is 6.21. The molecule has 0 aliphatic carbocycles. The second kappa shape index (κ2) is 7.19. The quantitative estimate of drug-likeness (QED) is 0.772. The Morgan fingerprint density at radius 1 is 1.61 bits per heavy atom. The molecule has 1 unspecified atom stereocenters. The van der Waals surface area contributed by atoms with E-state index < -0.39 is 11.9 Å². The molecule has 0 saturated heterocycles. The van der Waals surface area contributed by atoms with E-state index in [1.165, 1.54) is 0 Å². The van der Waals surface area contributed by atoms with Crippen LogP contribution < -0.4 is 0 Å². The second-order valence-corrected chi connectivity index (χ2v) is 4.79. The summed E-state index contributed by atoms with van der Waals surface area (Å²) in [4.78, 5) is 12.9. The summed E-state index contributed by atoms with van der Waals surface area (Å²) in [7, 11) is 0. The molecule has 0 radical (unpaired) electrons. The molecule has 4 heteroatoms. The number of carbonyl (C=O) groups is 1. The van der Waals surface area contributed by atoms with Crippen molar-refractivity contribution in [3.05, 3.63) is 47.5 Å². The lowest BCUT2D eigenvalue weighted by atomic mass is 10.1. The van der Waals surface area contributed by atoms with Crippen LogP contribution in [0, 0.1) is 5.92 Å². The lowest BCUT2D eigenvalue weighted by Gasteiger charge is -2.22. The molecule has 3 nitrogen and oxygen atoms in total. The molecule has 18 heavy (non-hydrogen) atoms. The third-order valence-electron chi connectivity index (χ3n) is 2.64. The first-order chi connectivity index (χ1) is 8.52. The van der Waals surface area contributed by atoms with Crippen LogP contribution in [0.15, 0.2) is 36.9 Å². The summed E-state index contributed by atoms with van der Waals surface area (Å²) in [5, 5.41) is 9.63. The zero-order chi connectivity index (χ0) is 13.5. The molecule has 0 heterocycles. The molecule has 0 amide bonds. The van der Waals surface area contributed by atoms with Gasteiger partial charge in [0.25, 0.3) is 0 Å². The number of aliphatic carboxylic acids is 1. The molecule has 0 bridgehead atoms. The smallest absolute Gasteiger partial charge is 0.307 e. The van der Waals surface area contributed by atoms with E-state index in [2.05, 4.69) is 6.58 Å². The van der Waals surface area contributed by atoms with E-state index in [9.17, 15) is 4.79 Å². The van der Waals surface area contributed by atoms with Gasteiger partial charge in [0.05, 0.1) is 5.92 Å². The first kappa shape index (κ1) is 14.7. The molecule has 0 fully saturated rings. The molecule has 0 aliphatic rings. The highest BCUT2D eigenvalue weighted by molar-refractivity contribution is 6.30. The van der Waals surface area contributed by atoms with E-state index in [0.29, 0.717) is 24.7 Å². The van der Waals surface area contributed by atoms with Crippen molar-refractivity contribution >= 4 is 17.6 Å². The first-order valence-electron chi connectivity index (χ1n) is 5.83. The Morgan fingerprint density at radius 2 is 2.33 bits per heavy atom. The van der Waals surface area contributed by atoms with Gasteiger partial charge in [-0.25, -0.2) is 0 Å². The van der Waals surface area contributed by atoms with Gasteiger partial charge in [0.1, 0.15) is 0 Å². The number of halogens is 1. The summed E-state index contributed by atoms with van der Waals surface area (Å²) in [5.74, 6) is -1.18. The highest BCUT2D eigenvalue weighted by atomic mass is 35.5. The Hall–Kier alpha value is -1.32. The molecule has 1 N–H and O–H groups in total. The Morgan fingerprint density at radius 3 is 2.89 bits per heavy atom. The van der Waals surface area contributed by atoms with Crippen molar-refractivity contribution in [3.63, 3.8) is 0 Å². The highest BCUT2D eigenvalue weighted by Gasteiger charge is 2.15. The van der Waals surface area contributed by atoms with Gasteiger partial charge in [0, 0.05) is 24.7 Å². The van der Waals surface area contributed by atoms with E-state index >= 15 is 0 Å². The van der Waals surface area contributed by atoms with Gasteiger partial charge in [-0.3, -0.25) is 9.69 Å². The number of rotatable bonds is 7. The van der Waals surface area contributed by atoms with Crippen LogP contribution in [0.1, 0.15) is 12.5 Å². The summed E-state index contributed by atoms with van der Waals surface area (Å²) in [5.41, 5.74) is 1.07. The number of benzene rings is 1. The Bertz CT molecular complexity index is 420. The van der Waals surface area contributed by atoms with Crippen molar-refractivity contribution in [1.82, 2.24) is 4.90 Å². The normalized spacial score (nSPS) is 12.4. The van der Waals surface area contributed by atoms with E-state index in [4.69, 9.17) is 16.7 Å². The molecule has 1 aromatic rings. The minimum atomic E-state index is -0.782. The van der Waals surface area contributed by atoms with Crippen LogP contribution in [0.2, 0.25) is 5.02 Å². The Kier molecular flexibility index (Phi) is 5.89. The minimum absolute atomic E-state index is 0.399. The summed E-state index contributed by atoms with van der Waals surface area (Å²) in [6, 6.07) is 7.59. The third kappa shape index (κ3) is 4.90. The van der Waals surface area contributed by atoms with Crippen LogP contribution >= 0.6 is 11.6 Å². The summed E-state index contributed by atoms with van der Waals surface area (Å²) in [6.07, 6.45) is 1.78. The van der Waals surface area contributed by atoms with Crippen LogP contribution in [0.5, 0.6) is 0 Å². The number of carboxylic acids is 1. The van der Waals surface area contributed by atoms with E-state index in [1.807, 2.05) is 29.2 Å². The number of nitrogens with zero attached hydrogens (tertiary/aromatic N) is 1. The molecular weight excluding hydrogens is 250 g/mol. The van der Waals surface area contributed by atoms with Gasteiger partial charge >= 0.3 is 5.97 Å². The average Bonchev–Trinajstić information content (AvgIpc) is 2.29. The zero-order valence-corrected chi connectivity index (χ0v) is 11.2. The van der Waals surface area contributed by atoms with Crippen LogP contribution in [0.4, 0.5) is 0 Å². The Labute approximate surface area is 113 Å². The van der Waals surface area contributed by atoms with Gasteiger partial charge in [-0.05, 0) is 17.7 Å². The third-order valence-corrected chi connectivity index (χ3v) is 2.87. The average molecular weight is 268 g/mol. The monoisotopic (exact) mass is 267 g/mol. The van der Waals surface area contributed by atoms with Crippen molar-refractivity contribution in [2.45, 2.75) is 13.5 Å². The fraction of sp³-hybridized carbons (Fsp3) is 0.357. The number of hydrogen-bond acceptors (Lipinski definition) is 2. The molecule has 98 valence electrons. The second-order valence-electron chi connectivity index (χ2n) is 4.35. The van der Waals surface area contributed by atoms with E-state index in [0.717, 1.165) is 5.56 Å². The Balaban J connectivity index is 2.67. The van der Waals surface area contributed by atoms with Crippen molar-refractivity contribution < 1.29 is 9.90 Å². The molecule has 1 atom stereocenters. The number of carboxylic acid groups (broad SMARTS) is 1. The predicted octanol–water partition coefficient (Wildman–Crippen LogP) is 3.05. The molecule has 0 aromatic heterocycles. The predicted molar refractivity (Wildman–Crippen MR) is 73.7 cm³/mol. The fourth-order valence-corrected chi connectivity index (χ4v) is 1.96. The molecule has 0 spiro atoms. The molecular formula is C14H18ClNO2. The van der Waals surface area contributed by atoms with E-state index in [1.54, 1.807) is 13.0 Å². The summed E-state index contributed by atoms with van der Waals surface area (Å²) in [6.45, 7) is 7.22. The number of hydrogen-bond donors (Lipinski definition) is 1. The highest BCUT2D eigenvalue weighted by Crippen LogP contribution is 2.13. The lowest BCUT2D eigenvalue weighted by molar-refractivity contribution is -0.141. The fourth-order valence-electron chi connectivity index (χ4n) is 1.75. The minimum Gasteiger partial charge on any atom is -0.481 e. The molecule has 1 aromatic carbocycles. The van der Waals surface area contributed by atoms with Crippen LogP contribution in [-0.2, 0) is 11.3 Å². The maximum Gasteiger partial charge on any atom is 0.307 e. The topological polar surface area (TPSA) is 40.5 Å². The largest absolute Gasteiger partial charge is 0.481 e. The maximum absolute atomic E-state index is 10.9. The molecule has 0 aliphatic heterocycles. The van der Waals surface area contributed by atoms with Crippen molar-refractivity contribution in [1.29, 1.82) is 0 Å². The van der Waals surface area contributed by atoms with E-state index in [-0.39, 0.29) is 0 Å². The standard InChI is InChI=1S/C14H18ClNO2/c1-3-7-16(9-11(2)14(17)18)10-12-5-4-6-13(15)8-12/h3-6,8,11H,1,7,9-10H2,2H3,(H,17,18). The summed E-state index contributed by atoms with van der Waals surface area (Å²) >= 11 is 5.93. The van der Waals surface area contributed by atoms with Gasteiger partial charge in [-0.1, -0.05) is 36.7 Å². The van der Waals surface area contributed by atoms with Crippen LogP contribution in [0.25, 0.3) is 0 Å². The van der Waals surface area contributed by atoms with Crippen molar-refractivity contribution in [2.24, 2.45) is 5.92 Å². The van der Waals surface area contributed by atoms with Crippen molar-refractivity contribution in [2.75, 3.05) is 13.1 Å². The van der Waals surface area contributed by atoms with Gasteiger partial charge in [0.2, 0.25) is 0 Å². The van der Waals surface area contributed by atoms with Gasteiger partial charge in [-0.2, -0.15) is 0 Å². The molecule has 0 saturated carbocycles. The zero-order valence-electron chi connectivity index (χ0n) is 10.5. The SMILES string of the molecule is C=CCN(Cc1cccc(Cl)c1)CC(C)C(=O)O. The lowest BCUT2D eigenvalue weighted by Crippen LogP contribution is -2.31. The van der Waals surface area contributed by atoms with Crippen molar-refractivity contribution in [3.8, 4) is 0 Å². The van der Waals surface area contributed by atoms with Crippen LogP contribution in [0.3, 0.4) is 0 Å². The maximum atomic E-state index is 10.9. The van der Waals surface area contributed by atoms with Gasteiger partial charge in [0.15, 0.2) is 0 Å². The van der Waals surface area contributed by atoms with Crippen LogP contribution in [-0.4, -0.2) is 29.1 Å². The van der Waals surface area contributed by atoms with Gasteiger partial charge < -0.3 is 5.11 Å². The summed E-state index contributed by atoms with van der Waals surface area (Å²) < 4.78 is 0. The van der Waals surface area contributed by atoms with Gasteiger partial charge in [-0.15, -0.1) is 6.58 Å².